The van der Waals surface area contributed by atoms with E-state index < -0.39 is 0 Å². The van der Waals surface area contributed by atoms with Crippen LogP contribution in [0.1, 0.15) is 5.56 Å². The molecule has 0 bridgehead atoms. The Hall–Kier alpha value is -7.03. The molecule has 0 unspecified atom stereocenters. The molecular weight excluding hydrogens is 653 g/mol. The number of benzene rings is 8. The van der Waals surface area contributed by atoms with Gasteiger partial charge in [-0.15, -0.1) is 0 Å². The lowest BCUT2D eigenvalue weighted by Crippen LogP contribution is -2.08. The summed E-state index contributed by atoms with van der Waals surface area (Å²) in [7, 11) is 0. The van der Waals surface area contributed by atoms with Crippen LogP contribution in [0.15, 0.2) is 201 Å². The molecule has 1 N–H and O–H groups in total. The maximum atomic E-state index is 4.27. The van der Waals surface area contributed by atoms with Gasteiger partial charge in [-0.1, -0.05) is 133 Å². The fourth-order valence-electron chi connectivity index (χ4n) is 8.22. The zero-order chi connectivity index (χ0) is 35.8. The second-order valence-corrected chi connectivity index (χ2v) is 14.0. The standard InChI is InChI=1S/C52H36N2/c1-2-10-37(11-3-1)45-20-21-46(52-50-19-7-5-17-48(50)47-16-4-6-18-49(47)51(45)52)41-15-9-13-39(31-41)38-12-8-14-40(30-38)44-33-42(35-22-26-53-27-23-35)32-43(34-44)36-24-28-54-29-25-36/h1-28,30-34,54H,29H2. The van der Waals surface area contributed by atoms with Gasteiger partial charge in [0.2, 0.25) is 0 Å². The molecule has 1 aliphatic heterocycles. The van der Waals surface area contributed by atoms with Crippen molar-refractivity contribution in [1.82, 2.24) is 10.3 Å². The number of hydrogen-bond donors (Lipinski definition) is 1. The van der Waals surface area contributed by atoms with Crippen LogP contribution in [0.4, 0.5) is 0 Å². The van der Waals surface area contributed by atoms with E-state index in [1.54, 1.807) is 0 Å². The van der Waals surface area contributed by atoms with Crippen molar-refractivity contribution in [3.05, 3.63) is 206 Å². The molecule has 0 aliphatic carbocycles. The zero-order valence-electron chi connectivity index (χ0n) is 29.7. The van der Waals surface area contributed by atoms with E-state index >= 15 is 0 Å². The van der Waals surface area contributed by atoms with Crippen molar-refractivity contribution in [3.8, 4) is 55.6 Å². The van der Waals surface area contributed by atoms with Crippen LogP contribution in [0.5, 0.6) is 0 Å². The molecule has 254 valence electrons. The van der Waals surface area contributed by atoms with Crippen LogP contribution in [0, 0.1) is 0 Å². The molecule has 0 atom stereocenters. The van der Waals surface area contributed by atoms with Crippen molar-refractivity contribution in [2.45, 2.75) is 0 Å². The van der Waals surface area contributed by atoms with E-state index in [1.165, 1.54) is 93.5 Å². The van der Waals surface area contributed by atoms with Gasteiger partial charge in [0.15, 0.2) is 0 Å². The third-order valence-corrected chi connectivity index (χ3v) is 10.8. The minimum absolute atomic E-state index is 0.822. The van der Waals surface area contributed by atoms with Gasteiger partial charge in [-0.25, -0.2) is 0 Å². The SMILES string of the molecule is C1=CC(c2cc(-c3ccncc3)cc(-c3cccc(-c4cccc(-c5ccc(-c6ccccc6)c6c7ccccc7c7ccccc7c56)c4)c3)c2)=CCN1. The lowest BCUT2D eigenvalue weighted by molar-refractivity contribution is 0.976. The molecule has 10 rings (SSSR count). The average molecular weight is 689 g/mol. The monoisotopic (exact) mass is 688 g/mol. The molecule has 54 heavy (non-hydrogen) atoms. The summed E-state index contributed by atoms with van der Waals surface area (Å²) in [6.45, 7) is 0.822. The van der Waals surface area contributed by atoms with E-state index in [1.807, 2.05) is 18.6 Å². The molecule has 0 radical (unpaired) electrons. The Bertz CT molecular complexity index is 2920. The number of nitrogens with one attached hydrogen (secondary N) is 1. The van der Waals surface area contributed by atoms with Crippen molar-refractivity contribution in [2.24, 2.45) is 0 Å². The van der Waals surface area contributed by atoms with Gasteiger partial charge >= 0.3 is 0 Å². The predicted molar refractivity (Wildman–Crippen MR) is 229 cm³/mol. The molecule has 8 aromatic carbocycles. The van der Waals surface area contributed by atoms with E-state index in [0.29, 0.717) is 0 Å². The minimum Gasteiger partial charge on any atom is -0.387 e. The molecule has 2 heterocycles. The van der Waals surface area contributed by atoms with Gasteiger partial charge in [-0.05, 0) is 154 Å². The maximum Gasteiger partial charge on any atom is 0.0334 e. The summed E-state index contributed by atoms with van der Waals surface area (Å²) < 4.78 is 0. The van der Waals surface area contributed by atoms with Gasteiger partial charge in [-0.2, -0.15) is 0 Å². The van der Waals surface area contributed by atoms with E-state index in [9.17, 15) is 0 Å². The highest BCUT2D eigenvalue weighted by Gasteiger charge is 2.17. The van der Waals surface area contributed by atoms with Crippen molar-refractivity contribution in [1.29, 1.82) is 0 Å². The first-order valence-electron chi connectivity index (χ1n) is 18.6. The summed E-state index contributed by atoms with van der Waals surface area (Å²) in [5.74, 6) is 0. The summed E-state index contributed by atoms with van der Waals surface area (Å²) in [5, 5.41) is 11.0. The van der Waals surface area contributed by atoms with Crippen molar-refractivity contribution in [3.63, 3.8) is 0 Å². The summed E-state index contributed by atoms with van der Waals surface area (Å²) in [4.78, 5) is 4.27. The highest BCUT2D eigenvalue weighted by atomic mass is 14.8. The third-order valence-electron chi connectivity index (χ3n) is 10.8. The fourth-order valence-corrected chi connectivity index (χ4v) is 8.22. The Kier molecular flexibility index (Phi) is 7.92. The van der Waals surface area contributed by atoms with Crippen LogP contribution in [-0.2, 0) is 0 Å². The number of allylic oxidation sites excluding steroid dienone is 2. The van der Waals surface area contributed by atoms with Crippen molar-refractivity contribution >= 4 is 37.9 Å². The van der Waals surface area contributed by atoms with E-state index in [2.05, 4.69) is 192 Å². The molecule has 1 aliphatic rings. The van der Waals surface area contributed by atoms with Gasteiger partial charge in [0, 0.05) is 18.9 Å². The van der Waals surface area contributed by atoms with Crippen LogP contribution >= 0.6 is 0 Å². The number of fused-ring (bicyclic) bond motifs is 6. The minimum atomic E-state index is 0.822. The molecule has 2 heteroatoms. The first kappa shape index (κ1) is 31.7. The summed E-state index contributed by atoms with van der Waals surface area (Å²) in [5.41, 5.74) is 14.4. The molecular formula is C52H36N2. The number of dihydropyridines is 1. The number of hydrogen-bond acceptors (Lipinski definition) is 2. The average Bonchev–Trinajstić information content (AvgIpc) is 3.27. The highest BCUT2D eigenvalue weighted by molar-refractivity contribution is 6.31. The topological polar surface area (TPSA) is 24.9 Å². The van der Waals surface area contributed by atoms with Crippen molar-refractivity contribution in [2.75, 3.05) is 6.54 Å². The Morgan fingerprint density at radius 1 is 0.370 bits per heavy atom. The van der Waals surface area contributed by atoms with Gasteiger partial charge in [-0.3, -0.25) is 4.98 Å². The van der Waals surface area contributed by atoms with Crippen LogP contribution < -0.4 is 5.32 Å². The lowest BCUT2D eigenvalue weighted by atomic mass is 9.85. The number of nitrogens with zero attached hydrogens (tertiary/aromatic N) is 1. The Balaban J connectivity index is 1.14. The highest BCUT2D eigenvalue weighted by Crippen LogP contribution is 2.45. The van der Waals surface area contributed by atoms with Crippen LogP contribution in [0.2, 0.25) is 0 Å². The van der Waals surface area contributed by atoms with Crippen molar-refractivity contribution < 1.29 is 0 Å². The van der Waals surface area contributed by atoms with Gasteiger partial charge in [0.05, 0.1) is 0 Å². The quantitative estimate of drug-likeness (QED) is 0.176. The predicted octanol–water partition coefficient (Wildman–Crippen LogP) is 13.4. The first-order valence-corrected chi connectivity index (χ1v) is 18.6. The molecule has 2 nitrogen and oxygen atoms in total. The zero-order valence-corrected chi connectivity index (χ0v) is 29.7. The third kappa shape index (κ3) is 5.66. The van der Waals surface area contributed by atoms with Crippen LogP contribution in [0.3, 0.4) is 0 Å². The number of pyridine rings is 1. The van der Waals surface area contributed by atoms with E-state index in [-0.39, 0.29) is 0 Å². The molecule has 1 aromatic heterocycles. The lowest BCUT2D eigenvalue weighted by Gasteiger charge is -2.18. The molecule has 0 saturated heterocycles. The Morgan fingerprint density at radius 3 is 1.48 bits per heavy atom. The molecule has 0 saturated carbocycles. The van der Waals surface area contributed by atoms with Gasteiger partial charge in [0.25, 0.3) is 0 Å². The largest absolute Gasteiger partial charge is 0.387 e. The van der Waals surface area contributed by atoms with Crippen LogP contribution in [0.25, 0.3) is 93.5 Å². The molecule has 9 aromatic rings. The molecule has 0 fully saturated rings. The smallest absolute Gasteiger partial charge is 0.0334 e. The first-order chi connectivity index (χ1) is 26.8. The maximum absolute atomic E-state index is 4.27. The molecule has 0 spiro atoms. The number of aromatic nitrogens is 1. The van der Waals surface area contributed by atoms with Gasteiger partial charge < -0.3 is 5.32 Å². The summed E-state index contributed by atoms with van der Waals surface area (Å²) in [6, 6.07) is 62.3. The van der Waals surface area contributed by atoms with Crippen LogP contribution in [-0.4, -0.2) is 11.5 Å². The summed E-state index contributed by atoms with van der Waals surface area (Å²) >= 11 is 0. The fraction of sp³-hybridized carbons (Fsp3) is 0.0192. The van der Waals surface area contributed by atoms with Gasteiger partial charge in [0.1, 0.15) is 0 Å². The normalized spacial score (nSPS) is 12.6. The second kappa shape index (κ2) is 13.5. The molecule has 0 amide bonds. The number of rotatable bonds is 6. The Morgan fingerprint density at radius 2 is 0.852 bits per heavy atom. The van der Waals surface area contributed by atoms with E-state index in [4.69, 9.17) is 0 Å². The summed E-state index contributed by atoms with van der Waals surface area (Å²) in [6.07, 6.45) is 10.2. The Labute approximate surface area is 315 Å². The van der Waals surface area contributed by atoms with E-state index in [0.717, 1.165) is 12.1 Å². The second-order valence-electron chi connectivity index (χ2n) is 14.0.